The Kier molecular flexibility index (Phi) is 9.03. The highest BCUT2D eigenvalue weighted by Crippen LogP contribution is 2.05. The van der Waals surface area contributed by atoms with Crippen LogP contribution in [0.3, 0.4) is 0 Å². The molecule has 1 aromatic rings. The lowest BCUT2D eigenvalue weighted by atomic mass is 10.2. The lowest BCUT2D eigenvalue weighted by molar-refractivity contribution is -0.142. The third-order valence-electron chi connectivity index (χ3n) is 2.08. The standard InChI is InChI=1S/C12H15NO4S.ClH/c13-10(12(15)16)7-18-8-11(14)17-6-9-4-2-1-3-5-9;/h1-5,10H,6-8,13H2,(H,15,16);1H/t10-;/m0./s1. The van der Waals surface area contributed by atoms with E-state index in [4.69, 9.17) is 15.6 Å². The van der Waals surface area contributed by atoms with Crippen LogP contribution in [0.1, 0.15) is 5.56 Å². The Balaban J connectivity index is 0.00000324. The number of esters is 1. The normalized spacial score (nSPS) is 11.2. The maximum absolute atomic E-state index is 11.3. The maximum Gasteiger partial charge on any atom is 0.321 e. The summed E-state index contributed by atoms with van der Waals surface area (Å²) in [4.78, 5) is 21.8. The van der Waals surface area contributed by atoms with Crippen molar-refractivity contribution >= 4 is 36.1 Å². The third-order valence-corrected chi connectivity index (χ3v) is 3.11. The fourth-order valence-corrected chi connectivity index (χ4v) is 1.88. The number of benzene rings is 1. The van der Waals surface area contributed by atoms with E-state index in [9.17, 15) is 9.59 Å². The Bertz CT molecular complexity index is 402. The first-order valence-electron chi connectivity index (χ1n) is 5.35. The molecular weight excluding hydrogens is 290 g/mol. The summed E-state index contributed by atoms with van der Waals surface area (Å²) < 4.78 is 5.02. The van der Waals surface area contributed by atoms with E-state index in [1.807, 2.05) is 30.3 Å². The van der Waals surface area contributed by atoms with Crippen LogP contribution in [0.15, 0.2) is 30.3 Å². The number of rotatable bonds is 7. The third kappa shape index (κ3) is 7.71. The van der Waals surface area contributed by atoms with Gasteiger partial charge in [0.15, 0.2) is 0 Å². The van der Waals surface area contributed by atoms with Gasteiger partial charge in [-0.3, -0.25) is 9.59 Å². The molecule has 1 rings (SSSR count). The van der Waals surface area contributed by atoms with E-state index in [-0.39, 0.29) is 36.5 Å². The summed E-state index contributed by atoms with van der Waals surface area (Å²) in [6.45, 7) is 0.227. The van der Waals surface area contributed by atoms with Crippen LogP contribution in [0.2, 0.25) is 0 Å². The van der Waals surface area contributed by atoms with Crippen molar-refractivity contribution in [2.75, 3.05) is 11.5 Å². The van der Waals surface area contributed by atoms with E-state index in [1.165, 1.54) is 0 Å². The number of carbonyl (C=O) groups excluding carboxylic acids is 1. The predicted octanol–water partition coefficient (Wildman–Crippen LogP) is 1.30. The van der Waals surface area contributed by atoms with Gasteiger partial charge in [0.2, 0.25) is 0 Å². The van der Waals surface area contributed by atoms with Crippen molar-refractivity contribution in [3.63, 3.8) is 0 Å². The van der Waals surface area contributed by atoms with Crippen molar-refractivity contribution in [3.05, 3.63) is 35.9 Å². The summed E-state index contributed by atoms with van der Waals surface area (Å²) >= 11 is 1.15. The fourth-order valence-electron chi connectivity index (χ4n) is 1.12. The Morgan fingerprint density at radius 3 is 2.53 bits per heavy atom. The molecule has 0 amide bonds. The summed E-state index contributed by atoms with van der Waals surface area (Å²) in [5, 5.41) is 8.54. The topological polar surface area (TPSA) is 89.6 Å². The van der Waals surface area contributed by atoms with Crippen molar-refractivity contribution in [3.8, 4) is 0 Å². The molecule has 0 aromatic heterocycles. The van der Waals surface area contributed by atoms with Gasteiger partial charge in [0.25, 0.3) is 0 Å². The molecule has 106 valence electrons. The second kappa shape index (κ2) is 9.66. The molecule has 0 aliphatic rings. The van der Waals surface area contributed by atoms with Crippen LogP contribution in [-0.2, 0) is 20.9 Å². The Hall–Kier alpha value is -1.24. The van der Waals surface area contributed by atoms with E-state index in [0.29, 0.717) is 0 Å². The average Bonchev–Trinajstić information content (AvgIpc) is 2.37. The van der Waals surface area contributed by atoms with Gasteiger partial charge in [0.1, 0.15) is 12.6 Å². The highest BCUT2D eigenvalue weighted by molar-refractivity contribution is 8.00. The SMILES string of the molecule is Cl.N[C@@H](CSCC(=O)OCc1ccccc1)C(=O)O. The number of ether oxygens (including phenoxy) is 1. The zero-order chi connectivity index (χ0) is 13.4. The van der Waals surface area contributed by atoms with Crippen LogP contribution in [-0.4, -0.2) is 34.6 Å². The maximum atomic E-state index is 11.3. The van der Waals surface area contributed by atoms with Gasteiger partial charge >= 0.3 is 11.9 Å². The number of hydrogen-bond acceptors (Lipinski definition) is 5. The van der Waals surface area contributed by atoms with Crippen molar-refractivity contribution in [1.29, 1.82) is 0 Å². The summed E-state index contributed by atoms with van der Waals surface area (Å²) in [6.07, 6.45) is 0. The number of carbonyl (C=O) groups is 2. The molecular formula is C12H16ClNO4S. The first-order chi connectivity index (χ1) is 8.59. The molecule has 1 aromatic carbocycles. The number of halogens is 1. The Morgan fingerprint density at radius 1 is 1.32 bits per heavy atom. The molecule has 0 fully saturated rings. The van der Waals surface area contributed by atoms with E-state index >= 15 is 0 Å². The molecule has 0 saturated carbocycles. The summed E-state index contributed by atoms with van der Waals surface area (Å²) in [7, 11) is 0. The minimum atomic E-state index is -1.07. The first-order valence-corrected chi connectivity index (χ1v) is 6.50. The number of carboxylic acid groups (broad SMARTS) is 1. The van der Waals surface area contributed by atoms with Crippen LogP contribution in [0.4, 0.5) is 0 Å². The van der Waals surface area contributed by atoms with Crippen LogP contribution in [0.5, 0.6) is 0 Å². The summed E-state index contributed by atoms with van der Waals surface area (Å²) in [6, 6.07) is 8.39. The smallest absolute Gasteiger partial charge is 0.321 e. The van der Waals surface area contributed by atoms with Gasteiger partial charge in [-0.2, -0.15) is 0 Å². The molecule has 1 atom stereocenters. The van der Waals surface area contributed by atoms with Gasteiger partial charge in [-0.1, -0.05) is 30.3 Å². The van der Waals surface area contributed by atoms with Crippen LogP contribution < -0.4 is 5.73 Å². The van der Waals surface area contributed by atoms with Crippen molar-refractivity contribution in [1.82, 2.24) is 0 Å². The van der Waals surface area contributed by atoms with Gasteiger partial charge in [-0.15, -0.1) is 24.2 Å². The summed E-state index contributed by atoms with van der Waals surface area (Å²) in [5.41, 5.74) is 6.21. The van der Waals surface area contributed by atoms with Gasteiger partial charge < -0.3 is 15.6 Å². The number of nitrogens with two attached hydrogens (primary N) is 1. The zero-order valence-electron chi connectivity index (χ0n) is 10.2. The monoisotopic (exact) mass is 305 g/mol. The number of thioether (sulfide) groups is 1. The average molecular weight is 306 g/mol. The minimum Gasteiger partial charge on any atom is -0.480 e. The number of hydrogen-bond donors (Lipinski definition) is 2. The molecule has 0 heterocycles. The molecule has 19 heavy (non-hydrogen) atoms. The van der Waals surface area contributed by atoms with E-state index in [1.54, 1.807) is 0 Å². The van der Waals surface area contributed by atoms with E-state index in [2.05, 4.69) is 0 Å². The molecule has 0 bridgehead atoms. The second-order valence-corrected chi connectivity index (χ2v) is 4.64. The highest BCUT2D eigenvalue weighted by Gasteiger charge is 2.12. The molecule has 5 nitrogen and oxygen atoms in total. The van der Waals surface area contributed by atoms with Crippen LogP contribution >= 0.6 is 24.2 Å². The van der Waals surface area contributed by atoms with Crippen LogP contribution in [0.25, 0.3) is 0 Å². The van der Waals surface area contributed by atoms with Crippen molar-refractivity contribution in [2.45, 2.75) is 12.6 Å². The van der Waals surface area contributed by atoms with Gasteiger partial charge in [0.05, 0.1) is 5.75 Å². The van der Waals surface area contributed by atoms with Gasteiger partial charge in [-0.05, 0) is 5.56 Å². The largest absolute Gasteiger partial charge is 0.480 e. The molecule has 0 saturated heterocycles. The molecule has 0 aliphatic heterocycles. The Morgan fingerprint density at radius 2 is 1.95 bits per heavy atom. The number of aliphatic carboxylic acids is 1. The molecule has 0 radical (unpaired) electrons. The van der Waals surface area contributed by atoms with Gasteiger partial charge in [0, 0.05) is 5.75 Å². The second-order valence-electron chi connectivity index (χ2n) is 3.61. The highest BCUT2D eigenvalue weighted by atomic mass is 35.5. The molecule has 3 N–H and O–H groups in total. The first kappa shape index (κ1) is 17.8. The minimum absolute atomic E-state index is 0. The van der Waals surface area contributed by atoms with Crippen molar-refractivity contribution in [2.24, 2.45) is 5.73 Å². The molecule has 7 heteroatoms. The molecule has 0 aliphatic carbocycles. The Labute approximate surface area is 121 Å². The fraction of sp³-hybridized carbons (Fsp3) is 0.333. The zero-order valence-corrected chi connectivity index (χ0v) is 11.8. The van der Waals surface area contributed by atoms with E-state index in [0.717, 1.165) is 17.3 Å². The lowest BCUT2D eigenvalue weighted by Gasteiger charge is -2.06. The van der Waals surface area contributed by atoms with Crippen molar-refractivity contribution < 1.29 is 19.4 Å². The quantitative estimate of drug-likeness (QED) is 0.738. The van der Waals surface area contributed by atoms with Crippen LogP contribution in [0, 0.1) is 0 Å². The predicted molar refractivity (Wildman–Crippen MR) is 76.4 cm³/mol. The summed E-state index contributed by atoms with van der Waals surface area (Å²) in [5.74, 6) is -1.15. The number of carboxylic acids is 1. The lowest BCUT2D eigenvalue weighted by Crippen LogP contribution is -2.32. The molecule has 0 unspecified atom stereocenters. The van der Waals surface area contributed by atoms with Gasteiger partial charge in [-0.25, -0.2) is 0 Å². The molecule has 0 spiro atoms. The van der Waals surface area contributed by atoms with E-state index < -0.39 is 12.0 Å².